The molecule has 0 spiro atoms. The third kappa shape index (κ3) is 3.82. The molecule has 2 aromatic carbocycles. The van der Waals surface area contributed by atoms with Gasteiger partial charge in [0.1, 0.15) is 11.5 Å². The highest BCUT2D eigenvalue weighted by Crippen LogP contribution is 2.36. The topological polar surface area (TPSA) is 77.5 Å². The van der Waals surface area contributed by atoms with E-state index in [2.05, 4.69) is 21.2 Å². The van der Waals surface area contributed by atoms with Gasteiger partial charge in [0.15, 0.2) is 5.76 Å². The number of nitrogen functional groups attached to an aromatic ring is 1. The van der Waals surface area contributed by atoms with Crippen molar-refractivity contribution in [1.29, 1.82) is 0 Å². The molecule has 0 saturated carbocycles. The number of nitrogens with two attached hydrogens (primary N) is 1. The maximum atomic E-state index is 12.5. The lowest BCUT2D eigenvalue weighted by molar-refractivity contribution is 0.0997. The highest BCUT2D eigenvalue weighted by atomic mass is 79.9. The minimum absolute atomic E-state index is 0.113. The van der Waals surface area contributed by atoms with E-state index < -0.39 is 5.91 Å². The van der Waals surface area contributed by atoms with E-state index in [9.17, 15) is 4.79 Å². The number of amides is 1. The molecule has 0 aliphatic rings. The first-order valence-corrected chi connectivity index (χ1v) is 8.93. The van der Waals surface area contributed by atoms with Crippen molar-refractivity contribution in [1.82, 2.24) is 0 Å². The van der Waals surface area contributed by atoms with Gasteiger partial charge in [0, 0.05) is 26.8 Å². The molecule has 1 heterocycles. The largest absolute Gasteiger partial charge is 0.494 e. The van der Waals surface area contributed by atoms with E-state index in [1.54, 1.807) is 42.5 Å². The molecular weight excluding hydrogens is 443 g/mol. The van der Waals surface area contributed by atoms with Crippen LogP contribution in [-0.4, -0.2) is 13.0 Å². The molecule has 0 aliphatic heterocycles. The number of hydrogen-bond acceptors (Lipinski definition) is 4. The van der Waals surface area contributed by atoms with Crippen molar-refractivity contribution in [2.75, 3.05) is 18.2 Å². The van der Waals surface area contributed by atoms with Crippen LogP contribution in [0.3, 0.4) is 0 Å². The number of rotatable bonds is 4. The molecule has 26 heavy (non-hydrogen) atoms. The van der Waals surface area contributed by atoms with E-state index in [1.165, 1.54) is 7.11 Å². The Morgan fingerprint density at radius 2 is 1.96 bits per heavy atom. The summed E-state index contributed by atoms with van der Waals surface area (Å²) in [5, 5.41) is 3.73. The van der Waals surface area contributed by atoms with Crippen molar-refractivity contribution in [3.05, 3.63) is 62.7 Å². The highest BCUT2D eigenvalue weighted by Gasteiger charge is 2.18. The van der Waals surface area contributed by atoms with Crippen molar-refractivity contribution in [3.8, 4) is 17.1 Å². The summed E-state index contributed by atoms with van der Waals surface area (Å²) >= 11 is 15.5. The number of furan rings is 1. The number of halogens is 3. The first-order chi connectivity index (χ1) is 12.4. The zero-order chi connectivity index (χ0) is 18.8. The Kier molecular flexibility index (Phi) is 5.46. The van der Waals surface area contributed by atoms with Crippen LogP contribution in [0.15, 0.2) is 51.4 Å². The number of benzene rings is 2. The zero-order valence-electron chi connectivity index (χ0n) is 13.5. The van der Waals surface area contributed by atoms with Gasteiger partial charge in [0.2, 0.25) is 0 Å². The van der Waals surface area contributed by atoms with E-state index in [-0.39, 0.29) is 5.76 Å². The molecule has 8 heteroatoms. The summed E-state index contributed by atoms with van der Waals surface area (Å²) in [5.74, 6) is 0.529. The van der Waals surface area contributed by atoms with Crippen LogP contribution in [0.2, 0.25) is 10.0 Å². The molecule has 0 aliphatic carbocycles. The average molecular weight is 456 g/mol. The molecule has 3 rings (SSSR count). The summed E-state index contributed by atoms with van der Waals surface area (Å²) in [6.07, 6.45) is 0. The fraction of sp³-hybridized carbons (Fsp3) is 0.0556. The molecule has 0 atom stereocenters. The first kappa shape index (κ1) is 18.6. The molecule has 1 amide bonds. The number of anilines is 2. The highest BCUT2D eigenvalue weighted by molar-refractivity contribution is 9.10. The van der Waals surface area contributed by atoms with E-state index in [0.717, 1.165) is 0 Å². The smallest absolute Gasteiger partial charge is 0.291 e. The fourth-order valence-electron chi connectivity index (χ4n) is 2.35. The van der Waals surface area contributed by atoms with Crippen molar-refractivity contribution >= 4 is 56.4 Å². The van der Waals surface area contributed by atoms with E-state index in [0.29, 0.717) is 43.0 Å². The van der Waals surface area contributed by atoms with Gasteiger partial charge in [-0.25, -0.2) is 0 Å². The molecule has 0 radical (unpaired) electrons. The van der Waals surface area contributed by atoms with Gasteiger partial charge in [0.25, 0.3) is 5.91 Å². The molecule has 0 bridgehead atoms. The van der Waals surface area contributed by atoms with Crippen LogP contribution in [-0.2, 0) is 0 Å². The number of nitrogens with one attached hydrogen (secondary N) is 1. The van der Waals surface area contributed by atoms with Crippen molar-refractivity contribution in [2.45, 2.75) is 0 Å². The number of hydrogen-bond donors (Lipinski definition) is 2. The van der Waals surface area contributed by atoms with Crippen LogP contribution in [0.5, 0.6) is 5.75 Å². The summed E-state index contributed by atoms with van der Waals surface area (Å²) < 4.78 is 11.5. The van der Waals surface area contributed by atoms with Crippen LogP contribution >= 0.6 is 39.1 Å². The van der Waals surface area contributed by atoms with Crippen molar-refractivity contribution in [3.63, 3.8) is 0 Å². The number of methoxy groups -OCH3 is 1. The normalized spacial score (nSPS) is 10.6. The SMILES string of the molecule is COc1cc(N)cc(Br)c1NC(=O)c1ccc(-c2cc(Cl)ccc2Cl)o1. The molecule has 3 N–H and O–H groups in total. The standard InChI is InChI=1S/C18H13BrCl2N2O3/c1-25-16-8-10(22)7-12(19)17(16)23-18(24)15-5-4-14(26-15)11-6-9(20)2-3-13(11)21/h2-8H,22H2,1H3,(H,23,24). The van der Waals surface area contributed by atoms with Crippen molar-refractivity contribution < 1.29 is 13.9 Å². The minimum Gasteiger partial charge on any atom is -0.494 e. The van der Waals surface area contributed by atoms with E-state index in [4.69, 9.17) is 38.1 Å². The van der Waals surface area contributed by atoms with Gasteiger partial charge in [-0.15, -0.1) is 0 Å². The van der Waals surface area contributed by atoms with Gasteiger partial charge in [-0.2, -0.15) is 0 Å². The van der Waals surface area contributed by atoms with Crippen molar-refractivity contribution in [2.24, 2.45) is 0 Å². The van der Waals surface area contributed by atoms with Gasteiger partial charge in [-0.05, 0) is 52.3 Å². The Bertz CT molecular complexity index is 989. The Morgan fingerprint density at radius 3 is 2.69 bits per heavy atom. The maximum absolute atomic E-state index is 12.5. The second-order valence-corrected chi connectivity index (χ2v) is 7.02. The number of carbonyl (C=O) groups excluding carboxylic acids is 1. The monoisotopic (exact) mass is 454 g/mol. The van der Waals surface area contributed by atoms with Gasteiger partial charge >= 0.3 is 0 Å². The molecule has 134 valence electrons. The second kappa shape index (κ2) is 7.61. The summed E-state index contributed by atoms with van der Waals surface area (Å²) in [6, 6.07) is 11.5. The van der Waals surface area contributed by atoms with Gasteiger partial charge in [-0.1, -0.05) is 23.2 Å². The third-order valence-corrected chi connectivity index (χ3v) is 4.75. The average Bonchev–Trinajstić information content (AvgIpc) is 3.09. The van der Waals surface area contributed by atoms with Gasteiger partial charge < -0.3 is 20.2 Å². The quantitative estimate of drug-likeness (QED) is 0.483. The molecular formula is C18H13BrCl2N2O3. The van der Waals surface area contributed by atoms with Crippen LogP contribution in [0, 0.1) is 0 Å². The van der Waals surface area contributed by atoms with Gasteiger partial charge in [0.05, 0.1) is 17.8 Å². The van der Waals surface area contributed by atoms with Crippen LogP contribution in [0.25, 0.3) is 11.3 Å². The first-order valence-electron chi connectivity index (χ1n) is 7.38. The Balaban J connectivity index is 1.89. The summed E-state index contributed by atoms with van der Waals surface area (Å²) in [5.41, 5.74) is 7.33. The molecule has 0 fully saturated rings. The van der Waals surface area contributed by atoms with E-state index >= 15 is 0 Å². The van der Waals surface area contributed by atoms with Crippen LogP contribution < -0.4 is 15.8 Å². The summed E-state index contributed by atoms with van der Waals surface area (Å²) in [7, 11) is 1.49. The lowest BCUT2D eigenvalue weighted by Crippen LogP contribution is -2.12. The van der Waals surface area contributed by atoms with Crippen LogP contribution in [0.1, 0.15) is 10.6 Å². The summed E-state index contributed by atoms with van der Waals surface area (Å²) in [6.45, 7) is 0. The van der Waals surface area contributed by atoms with Crippen LogP contribution in [0.4, 0.5) is 11.4 Å². The molecule has 3 aromatic rings. The maximum Gasteiger partial charge on any atom is 0.291 e. The Morgan fingerprint density at radius 1 is 1.19 bits per heavy atom. The zero-order valence-corrected chi connectivity index (χ0v) is 16.6. The predicted molar refractivity (Wildman–Crippen MR) is 107 cm³/mol. The van der Waals surface area contributed by atoms with Gasteiger partial charge in [-0.3, -0.25) is 4.79 Å². The molecule has 0 unspecified atom stereocenters. The minimum atomic E-state index is -0.446. The Hall–Kier alpha value is -2.15. The molecule has 0 saturated heterocycles. The lowest BCUT2D eigenvalue weighted by atomic mass is 10.2. The Labute approximate surface area is 168 Å². The number of carbonyl (C=O) groups is 1. The molecule has 5 nitrogen and oxygen atoms in total. The van der Waals surface area contributed by atoms with E-state index in [1.807, 2.05) is 0 Å². The second-order valence-electron chi connectivity index (χ2n) is 5.32. The third-order valence-electron chi connectivity index (χ3n) is 3.56. The lowest BCUT2D eigenvalue weighted by Gasteiger charge is -2.12. The number of ether oxygens (including phenoxy) is 1. The predicted octanol–water partition coefficient (Wildman–Crippen LogP) is 5.86. The fourth-order valence-corrected chi connectivity index (χ4v) is 3.29. The summed E-state index contributed by atoms with van der Waals surface area (Å²) in [4.78, 5) is 12.5. The molecule has 1 aromatic heterocycles.